The molecular weight excluding hydrogens is 690 g/mol. The second-order valence-electron chi connectivity index (χ2n) is 11.3. The van der Waals surface area contributed by atoms with Crippen molar-refractivity contribution in [2.75, 3.05) is 4.72 Å². The number of pyridine rings is 1. The number of hydrogen-bond donors (Lipinski definition) is 3. The van der Waals surface area contributed by atoms with Gasteiger partial charge in [-0.2, -0.15) is 0 Å². The molecule has 0 fully saturated rings. The normalized spacial score (nSPS) is 12.1. The number of aryl methyl sites for hydroxylation is 2. The topological polar surface area (TPSA) is 200 Å². The van der Waals surface area contributed by atoms with Crippen LogP contribution in [0.25, 0.3) is 22.3 Å². The largest absolute Gasteiger partial charge is 0.480 e. The number of nitrogens with zero attached hydrogens (tertiary/aromatic N) is 6. The Balaban J connectivity index is 1.16. The number of benzene rings is 3. The molecule has 260 valence electrons. The summed E-state index contributed by atoms with van der Waals surface area (Å²) >= 11 is 0. The average Bonchev–Trinajstić information content (AvgIpc) is 3.55. The number of fused-ring (bicyclic) bond motifs is 1. The highest BCUT2D eigenvalue weighted by molar-refractivity contribution is 7.92. The van der Waals surface area contributed by atoms with E-state index < -0.39 is 68.5 Å². The summed E-state index contributed by atoms with van der Waals surface area (Å²) in [6, 6.07) is 13.8. The lowest BCUT2D eigenvalue weighted by atomic mass is 10.1. The SMILES string of the molecule is Cc1cn(-c2ccc(S(=O)(=O)Nc3cc(F)c(C(=O)N[C@@H](Cc4ccc(-n5c(=O)c6ccccc6n(C)c5=O)cn4)C(=O)O)cc3F)cc2)nn1. The Bertz CT molecular complexity index is 2570. The number of carbonyl (C=O) groups is 2. The molecule has 15 nitrogen and oxygen atoms in total. The van der Waals surface area contributed by atoms with Crippen molar-refractivity contribution in [2.45, 2.75) is 24.3 Å². The van der Waals surface area contributed by atoms with Crippen molar-refractivity contribution in [3.8, 4) is 11.4 Å². The number of nitrogens with one attached hydrogen (secondary N) is 2. The molecule has 0 radical (unpaired) electrons. The van der Waals surface area contributed by atoms with Gasteiger partial charge in [0.05, 0.1) is 56.5 Å². The molecule has 6 rings (SSSR count). The highest BCUT2D eigenvalue weighted by Gasteiger charge is 2.26. The molecule has 0 aliphatic heterocycles. The summed E-state index contributed by atoms with van der Waals surface area (Å²) in [6.45, 7) is 1.72. The van der Waals surface area contributed by atoms with Crippen LogP contribution < -0.4 is 21.3 Å². The van der Waals surface area contributed by atoms with Crippen molar-refractivity contribution < 1.29 is 31.9 Å². The van der Waals surface area contributed by atoms with E-state index in [2.05, 4.69) is 20.6 Å². The van der Waals surface area contributed by atoms with Gasteiger partial charge in [-0.15, -0.1) is 5.10 Å². The third-order valence-electron chi connectivity index (χ3n) is 7.83. The predicted octanol–water partition coefficient (Wildman–Crippen LogP) is 2.48. The van der Waals surface area contributed by atoms with Crippen LogP contribution in [0.1, 0.15) is 21.7 Å². The molecule has 51 heavy (non-hydrogen) atoms. The number of amides is 1. The number of aliphatic carboxylic acids is 1. The van der Waals surface area contributed by atoms with Crippen molar-refractivity contribution in [3.63, 3.8) is 0 Å². The quantitative estimate of drug-likeness (QED) is 0.189. The summed E-state index contributed by atoms with van der Waals surface area (Å²) in [5, 5.41) is 19.9. The number of carboxylic acids is 1. The summed E-state index contributed by atoms with van der Waals surface area (Å²) in [5.41, 5.74) is -1.09. The van der Waals surface area contributed by atoms with E-state index in [0.717, 1.165) is 4.57 Å². The Labute approximate surface area is 286 Å². The first-order valence-electron chi connectivity index (χ1n) is 14.9. The molecule has 3 N–H and O–H groups in total. The molecule has 3 heterocycles. The standard InChI is InChI=1S/C33H26F2N8O7S/c1-18-17-42(40-38-18)20-9-11-22(12-10-20)51(49,50)39-27-15-25(34)24(14-26(27)35)30(44)37-28(32(46)47)13-19-7-8-21(16-36-19)43-31(45)23-5-3-4-6-29(23)41(2)33(43)48/h3-12,14-17,28,39H,13H2,1-2H3,(H,37,44)(H,46,47)/t28-/m0/s1. The van der Waals surface area contributed by atoms with Crippen LogP contribution in [-0.2, 0) is 28.3 Å². The minimum Gasteiger partial charge on any atom is -0.480 e. The third-order valence-corrected chi connectivity index (χ3v) is 9.21. The Hall–Kier alpha value is -6.56. The second kappa shape index (κ2) is 13.4. The van der Waals surface area contributed by atoms with E-state index in [4.69, 9.17) is 0 Å². The van der Waals surface area contributed by atoms with Gasteiger partial charge in [0.15, 0.2) is 0 Å². The van der Waals surface area contributed by atoms with Crippen LogP contribution in [0, 0.1) is 18.6 Å². The van der Waals surface area contributed by atoms with Crippen LogP contribution in [-0.4, -0.2) is 60.6 Å². The smallest absolute Gasteiger partial charge is 0.335 e. The Morgan fingerprint density at radius 1 is 0.961 bits per heavy atom. The number of anilines is 1. The average molecular weight is 717 g/mol. The van der Waals surface area contributed by atoms with Gasteiger partial charge in [-0.1, -0.05) is 17.3 Å². The van der Waals surface area contributed by atoms with E-state index >= 15 is 8.78 Å². The first-order valence-corrected chi connectivity index (χ1v) is 16.4. The van der Waals surface area contributed by atoms with E-state index in [-0.39, 0.29) is 21.7 Å². The molecule has 0 aliphatic rings. The number of carbonyl (C=O) groups excluding carboxylic acids is 1. The van der Waals surface area contributed by atoms with Crippen molar-refractivity contribution in [3.05, 3.63) is 135 Å². The molecule has 1 amide bonds. The van der Waals surface area contributed by atoms with Crippen molar-refractivity contribution in [1.82, 2.24) is 34.4 Å². The van der Waals surface area contributed by atoms with Crippen LogP contribution in [0.4, 0.5) is 14.5 Å². The van der Waals surface area contributed by atoms with Gasteiger partial charge < -0.3 is 10.4 Å². The molecule has 6 aromatic rings. The first kappa shape index (κ1) is 34.3. The minimum atomic E-state index is -4.41. The Morgan fingerprint density at radius 2 is 1.67 bits per heavy atom. The lowest BCUT2D eigenvalue weighted by molar-refractivity contribution is -0.139. The predicted molar refractivity (Wildman–Crippen MR) is 178 cm³/mol. The number of para-hydroxylation sites is 1. The zero-order valence-corrected chi connectivity index (χ0v) is 27.4. The van der Waals surface area contributed by atoms with Gasteiger partial charge in [0, 0.05) is 25.2 Å². The maximum Gasteiger partial charge on any atom is 0.335 e. The fraction of sp³-hybridized carbons (Fsp3) is 0.121. The minimum absolute atomic E-state index is 0.109. The van der Waals surface area contributed by atoms with Crippen LogP contribution in [0.3, 0.4) is 0 Å². The van der Waals surface area contributed by atoms with Crippen LogP contribution in [0.15, 0.2) is 99.7 Å². The second-order valence-corrected chi connectivity index (χ2v) is 13.0. The molecule has 0 aliphatic carbocycles. The van der Waals surface area contributed by atoms with Gasteiger partial charge in [-0.3, -0.25) is 23.9 Å². The van der Waals surface area contributed by atoms with Crippen LogP contribution in [0.2, 0.25) is 0 Å². The Kier molecular flexibility index (Phi) is 9.01. The molecule has 0 saturated carbocycles. The van der Waals surface area contributed by atoms with E-state index in [0.29, 0.717) is 29.0 Å². The van der Waals surface area contributed by atoms with Gasteiger partial charge in [-0.25, -0.2) is 36.0 Å². The molecule has 18 heteroatoms. The third kappa shape index (κ3) is 6.84. The number of sulfonamides is 1. The lowest BCUT2D eigenvalue weighted by Crippen LogP contribution is -2.42. The van der Waals surface area contributed by atoms with E-state index in [9.17, 15) is 32.7 Å². The van der Waals surface area contributed by atoms with Crippen molar-refractivity contribution in [1.29, 1.82) is 0 Å². The van der Waals surface area contributed by atoms with Crippen molar-refractivity contribution >= 4 is 38.5 Å². The van der Waals surface area contributed by atoms with Crippen LogP contribution in [0.5, 0.6) is 0 Å². The summed E-state index contributed by atoms with van der Waals surface area (Å²) in [6.07, 6.45) is 2.39. The number of rotatable bonds is 10. The molecular formula is C33H26F2N8O7S. The first-order chi connectivity index (χ1) is 24.2. The van der Waals surface area contributed by atoms with Crippen LogP contribution >= 0.6 is 0 Å². The summed E-state index contributed by atoms with van der Waals surface area (Å²) in [5.74, 6) is -5.46. The molecule has 0 spiro atoms. The molecule has 1 atom stereocenters. The highest BCUT2D eigenvalue weighted by Crippen LogP contribution is 2.24. The monoisotopic (exact) mass is 716 g/mol. The molecule has 3 aromatic carbocycles. The number of halogens is 2. The molecule has 0 saturated heterocycles. The number of aromatic nitrogens is 6. The highest BCUT2D eigenvalue weighted by atomic mass is 32.2. The summed E-state index contributed by atoms with van der Waals surface area (Å²) in [4.78, 5) is 54.8. The van der Waals surface area contributed by atoms with Gasteiger partial charge >= 0.3 is 11.7 Å². The van der Waals surface area contributed by atoms with E-state index in [1.165, 1.54) is 58.9 Å². The van der Waals surface area contributed by atoms with Gasteiger partial charge in [0.25, 0.3) is 21.5 Å². The molecule has 3 aromatic heterocycles. The molecule has 0 unspecified atom stereocenters. The summed E-state index contributed by atoms with van der Waals surface area (Å²) in [7, 11) is -2.90. The van der Waals surface area contributed by atoms with E-state index in [1.807, 2.05) is 4.72 Å². The summed E-state index contributed by atoms with van der Waals surface area (Å²) < 4.78 is 61.5. The fourth-order valence-electron chi connectivity index (χ4n) is 5.20. The van der Waals surface area contributed by atoms with Gasteiger partial charge in [-0.05, 0) is 61.5 Å². The zero-order valence-electron chi connectivity index (χ0n) is 26.6. The number of carboxylic acid groups (broad SMARTS) is 1. The van der Waals surface area contributed by atoms with Gasteiger partial charge in [0.1, 0.15) is 17.7 Å². The van der Waals surface area contributed by atoms with Crippen molar-refractivity contribution in [2.24, 2.45) is 7.05 Å². The molecule has 0 bridgehead atoms. The van der Waals surface area contributed by atoms with E-state index in [1.54, 1.807) is 37.4 Å². The maximum absolute atomic E-state index is 15.1. The lowest BCUT2D eigenvalue weighted by Gasteiger charge is -2.16. The fourth-order valence-corrected chi connectivity index (χ4v) is 6.26. The van der Waals surface area contributed by atoms with Gasteiger partial charge in [0.2, 0.25) is 0 Å². The zero-order chi connectivity index (χ0) is 36.6. The number of hydrogen-bond acceptors (Lipinski definition) is 9. The Morgan fingerprint density at radius 3 is 2.31 bits per heavy atom. The maximum atomic E-state index is 15.1.